The highest BCUT2D eigenvalue weighted by Crippen LogP contribution is 2.39. The molecule has 3 heterocycles. The van der Waals surface area contributed by atoms with Crippen molar-refractivity contribution in [1.82, 2.24) is 4.57 Å². The Morgan fingerprint density at radius 2 is 1.88 bits per heavy atom. The highest BCUT2D eigenvalue weighted by molar-refractivity contribution is 5.94. The molecule has 2 saturated heterocycles. The maximum Gasteiger partial charge on any atom is 0.414 e. The molecule has 1 amide bonds. The van der Waals surface area contributed by atoms with Crippen LogP contribution in [-0.2, 0) is 9.53 Å². The van der Waals surface area contributed by atoms with Gasteiger partial charge in [0.2, 0.25) is 5.43 Å². The number of hydrogen-bond acceptors (Lipinski definition) is 8. The van der Waals surface area contributed by atoms with Gasteiger partial charge in [-0.3, -0.25) is 14.5 Å². The van der Waals surface area contributed by atoms with Crippen molar-refractivity contribution >= 4 is 40.1 Å². The van der Waals surface area contributed by atoms with Gasteiger partial charge >= 0.3 is 12.1 Å². The van der Waals surface area contributed by atoms with Gasteiger partial charge in [0.05, 0.1) is 30.0 Å². The summed E-state index contributed by atoms with van der Waals surface area (Å²) in [6.45, 7) is 2.43. The van der Waals surface area contributed by atoms with Crippen LogP contribution in [0.5, 0.6) is 5.75 Å². The minimum Gasteiger partial charge on any atom is -0.490 e. The van der Waals surface area contributed by atoms with E-state index < -0.39 is 41.3 Å². The average Bonchev–Trinajstić information content (AvgIpc) is 3.57. The third-order valence-electron chi connectivity index (χ3n) is 8.30. The molecule has 6 rings (SSSR count). The van der Waals surface area contributed by atoms with Gasteiger partial charge in [0, 0.05) is 42.7 Å². The molecule has 43 heavy (non-hydrogen) atoms. The number of ether oxygens (including phenoxy) is 2. The fraction of sp³-hybridized carbons (Fsp3) is 0.400. The molecule has 1 aliphatic carbocycles. The quantitative estimate of drug-likeness (QED) is 0.379. The number of Topliss-reactive ketones (excluding diaryl/α,β-unsaturated/α-hetero) is 1. The van der Waals surface area contributed by atoms with Crippen molar-refractivity contribution in [2.75, 3.05) is 36.0 Å². The standard InChI is InChI=1S/C30H30F2N4O7/c1-15(37)27(33)26-13-36(30(41)43-26)18-4-5-25(22(32)8-18)42-14-16-6-7-34(11-16)24-10-23-19(9-21(24)31)28(38)20(29(39)40)12-35(23)17-2-3-17/h4-5,8-10,12,16-17,26-27H,2-3,6-7,11,13-14,33H2,1H3,(H,39,40). The van der Waals surface area contributed by atoms with Crippen molar-refractivity contribution in [3.63, 3.8) is 0 Å². The number of aromatic nitrogens is 1. The first-order valence-corrected chi connectivity index (χ1v) is 14.0. The molecule has 226 valence electrons. The van der Waals surface area contributed by atoms with Gasteiger partial charge < -0.3 is 29.8 Å². The van der Waals surface area contributed by atoms with E-state index >= 15 is 4.39 Å². The van der Waals surface area contributed by atoms with Crippen molar-refractivity contribution in [3.8, 4) is 5.75 Å². The monoisotopic (exact) mass is 596 g/mol. The summed E-state index contributed by atoms with van der Waals surface area (Å²) in [5.41, 5.74) is 5.74. The van der Waals surface area contributed by atoms with Crippen LogP contribution in [0.2, 0.25) is 0 Å². The lowest BCUT2D eigenvalue weighted by molar-refractivity contribution is -0.120. The van der Waals surface area contributed by atoms with E-state index in [0.29, 0.717) is 30.7 Å². The number of nitrogens with two attached hydrogens (primary N) is 1. The van der Waals surface area contributed by atoms with E-state index in [1.54, 1.807) is 10.6 Å². The number of ketones is 1. The smallest absolute Gasteiger partial charge is 0.414 e. The number of hydrogen-bond donors (Lipinski definition) is 2. The first kappa shape index (κ1) is 28.6. The van der Waals surface area contributed by atoms with Crippen LogP contribution in [-0.4, -0.2) is 65.9 Å². The van der Waals surface area contributed by atoms with Crippen LogP contribution in [0, 0.1) is 17.6 Å². The number of rotatable bonds is 9. The minimum absolute atomic E-state index is 0.00803. The van der Waals surface area contributed by atoms with E-state index in [1.165, 1.54) is 30.2 Å². The second-order valence-electron chi connectivity index (χ2n) is 11.3. The Labute approximate surface area is 244 Å². The summed E-state index contributed by atoms with van der Waals surface area (Å²) in [5, 5.41) is 9.49. The van der Waals surface area contributed by atoms with Crippen molar-refractivity contribution < 1.29 is 37.7 Å². The molecule has 3 fully saturated rings. The molecule has 2 aromatic carbocycles. The second-order valence-corrected chi connectivity index (χ2v) is 11.3. The Kier molecular flexibility index (Phi) is 7.28. The number of halogens is 2. The van der Waals surface area contributed by atoms with Gasteiger partial charge in [-0.25, -0.2) is 18.4 Å². The fourth-order valence-electron chi connectivity index (χ4n) is 5.72. The van der Waals surface area contributed by atoms with Crippen LogP contribution in [0.1, 0.15) is 42.6 Å². The number of anilines is 2. The lowest BCUT2D eigenvalue weighted by Crippen LogP contribution is -2.43. The number of carboxylic acid groups (broad SMARTS) is 1. The van der Waals surface area contributed by atoms with Crippen LogP contribution in [0.3, 0.4) is 0 Å². The summed E-state index contributed by atoms with van der Waals surface area (Å²) in [6, 6.07) is 5.90. The normalized spacial score (nSPS) is 20.9. The van der Waals surface area contributed by atoms with Crippen LogP contribution >= 0.6 is 0 Å². The highest BCUT2D eigenvalue weighted by atomic mass is 19.1. The van der Waals surface area contributed by atoms with E-state index in [4.69, 9.17) is 15.2 Å². The molecule has 3 aliphatic rings. The molecular formula is C30H30F2N4O7. The van der Waals surface area contributed by atoms with Crippen molar-refractivity contribution in [1.29, 1.82) is 0 Å². The zero-order valence-electron chi connectivity index (χ0n) is 23.3. The van der Waals surface area contributed by atoms with Gasteiger partial charge in [-0.05, 0) is 50.5 Å². The van der Waals surface area contributed by atoms with Crippen LogP contribution in [0.4, 0.5) is 25.0 Å². The fourth-order valence-corrected chi connectivity index (χ4v) is 5.72. The maximum absolute atomic E-state index is 15.3. The predicted molar refractivity (Wildman–Crippen MR) is 152 cm³/mol. The number of pyridine rings is 1. The largest absolute Gasteiger partial charge is 0.490 e. The lowest BCUT2D eigenvalue weighted by atomic mass is 10.1. The molecule has 1 saturated carbocycles. The number of carbonyl (C=O) groups excluding carboxylic acids is 2. The van der Waals surface area contributed by atoms with E-state index in [2.05, 4.69) is 0 Å². The number of carbonyl (C=O) groups is 3. The molecule has 3 N–H and O–H groups in total. The third kappa shape index (κ3) is 5.40. The van der Waals surface area contributed by atoms with E-state index in [1.807, 2.05) is 4.90 Å². The molecule has 3 aromatic rings. The Hall–Kier alpha value is -4.52. The summed E-state index contributed by atoms with van der Waals surface area (Å²) in [5.74, 6) is -3.02. The van der Waals surface area contributed by atoms with Crippen molar-refractivity contribution in [3.05, 3.63) is 63.9 Å². The van der Waals surface area contributed by atoms with Crippen molar-refractivity contribution in [2.45, 2.75) is 44.4 Å². The average molecular weight is 597 g/mol. The number of benzene rings is 2. The minimum atomic E-state index is -1.35. The third-order valence-corrected chi connectivity index (χ3v) is 8.30. The Bertz CT molecular complexity index is 1710. The van der Waals surface area contributed by atoms with E-state index in [9.17, 15) is 28.7 Å². The van der Waals surface area contributed by atoms with Crippen LogP contribution in [0.15, 0.2) is 41.3 Å². The lowest BCUT2D eigenvalue weighted by Gasteiger charge is -2.21. The van der Waals surface area contributed by atoms with Crippen LogP contribution in [0.25, 0.3) is 10.9 Å². The number of cyclic esters (lactones) is 1. The molecule has 13 heteroatoms. The van der Waals surface area contributed by atoms with Gasteiger partial charge in [-0.1, -0.05) is 0 Å². The summed E-state index contributed by atoms with van der Waals surface area (Å²) in [7, 11) is 0. The first-order chi connectivity index (χ1) is 20.5. The Morgan fingerprint density at radius 3 is 2.56 bits per heavy atom. The summed E-state index contributed by atoms with van der Waals surface area (Å²) in [6.07, 6.45) is 2.14. The highest BCUT2D eigenvalue weighted by Gasteiger charge is 2.38. The van der Waals surface area contributed by atoms with E-state index in [-0.39, 0.29) is 53.3 Å². The van der Waals surface area contributed by atoms with Crippen LogP contribution < -0.4 is 25.7 Å². The number of aromatic carboxylic acids is 1. The molecular weight excluding hydrogens is 566 g/mol. The summed E-state index contributed by atoms with van der Waals surface area (Å²) < 4.78 is 42.9. The molecule has 0 spiro atoms. The topological polar surface area (TPSA) is 144 Å². The molecule has 0 bridgehead atoms. The van der Waals surface area contributed by atoms with Gasteiger partial charge in [0.1, 0.15) is 29.3 Å². The number of amides is 1. The molecule has 1 aromatic heterocycles. The van der Waals surface area contributed by atoms with Gasteiger partial charge in [0.15, 0.2) is 11.6 Å². The number of fused-ring (bicyclic) bond motifs is 1. The molecule has 2 aliphatic heterocycles. The Morgan fingerprint density at radius 1 is 1.12 bits per heavy atom. The van der Waals surface area contributed by atoms with Gasteiger partial charge in [0.25, 0.3) is 0 Å². The van der Waals surface area contributed by atoms with Gasteiger partial charge in [-0.15, -0.1) is 0 Å². The number of carboxylic acids is 1. The maximum atomic E-state index is 15.3. The van der Waals surface area contributed by atoms with Gasteiger partial charge in [-0.2, -0.15) is 0 Å². The first-order valence-electron chi connectivity index (χ1n) is 14.0. The zero-order chi connectivity index (χ0) is 30.6. The number of nitrogens with zero attached hydrogens (tertiary/aromatic N) is 3. The predicted octanol–water partition coefficient (Wildman–Crippen LogP) is 3.46. The summed E-state index contributed by atoms with van der Waals surface area (Å²) >= 11 is 0. The Balaban J connectivity index is 1.13. The van der Waals surface area contributed by atoms with E-state index in [0.717, 1.165) is 25.0 Å². The molecule has 3 atom stereocenters. The van der Waals surface area contributed by atoms with Crippen molar-refractivity contribution in [2.24, 2.45) is 11.7 Å². The molecule has 11 nitrogen and oxygen atoms in total. The molecule has 3 unspecified atom stereocenters. The molecule has 0 radical (unpaired) electrons. The second kappa shape index (κ2) is 11.0. The zero-order valence-corrected chi connectivity index (χ0v) is 23.3. The summed E-state index contributed by atoms with van der Waals surface area (Å²) in [4.78, 5) is 51.2. The SMILES string of the molecule is CC(=O)C(N)C1CN(c2ccc(OCC3CCN(c4cc5c(cc4F)c(=O)c(C(=O)O)cn5C4CC4)C3)c(F)c2)C(=O)O1.